The van der Waals surface area contributed by atoms with E-state index in [0.717, 1.165) is 12.8 Å². The number of likely N-dealkylation sites (tertiary alicyclic amines) is 1. The van der Waals surface area contributed by atoms with Crippen LogP contribution < -0.4 is 11.5 Å². The van der Waals surface area contributed by atoms with Crippen molar-refractivity contribution in [2.24, 2.45) is 22.8 Å². The Hall–Kier alpha value is -1.10. The van der Waals surface area contributed by atoms with Crippen LogP contribution >= 0.6 is 0 Å². The van der Waals surface area contributed by atoms with Crippen molar-refractivity contribution in [3.63, 3.8) is 0 Å². The van der Waals surface area contributed by atoms with E-state index in [1.165, 1.54) is 6.42 Å². The van der Waals surface area contributed by atoms with E-state index < -0.39 is 0 Å². The Morgan fingerprint density at radius 2 is 2.06 bits per heavy atom. The molecule has 0 radical (unpaired) electrons. The van der Waals surface area contributed by atoms with Crippen LogP contribution in [0.5, 0.6) is 0 Å². The molecule has 1 saturated carbocycles. The van der Waals surface area contributed by atoms with Crippen molar-refractivity contribution >= 4 is 11.8 Å². The van der Waals surface area contributed by atoms with Crippen molar-refractivity contribution in [1.29, 1.82) is 0 Å². The number of amides is 2. The van der Waals surface area contributed by atoms with Gasteiger partial charge < -0.3 is 16.4 Å². The first-order valence-electron chi connectivity index (χ1n) is 6.33. The highest BCUT2D eigenvalue weighted by Crippen LogP contribution is 2.43. The number of hydrogen-bond donors (Lipinski definition) is 2. The highest BCUT2D eigenvalue weighted by atomic mass is 16.2. The van der Waals surface area contributed by atoms with Gasteiger partial charge in [-0.05, 0) is 31.2 Å². The molecule has 5 nitrogen and oxygen atoms in total. The second kappa shape index (κ2) is 4.64. The van der Waals surface area contributed by atoms with Crippen molar-refractivity contribution in [3.8, 4) is 0 Å². The average Bonchev–Trinajstić information content (AvgIpc) is 2.72. The summed E-state index contributed by atoms with van der Waals surface area (Å²) >= 11 is 0. The van der Waals surface area contributed by atoms with Crippen molar-refractivity contribution in [2.75, 3.05) is 19.6 Å². The van der Waals surface area contributed by atoms with Crippen LogP contribution in [-0.4, -0.2) is 36.3 Å². The van der Waals surface area contributed by atoms with Gasteiger partial charge in [-0.2, -0.15) is 0 Å². The molecular weight excluding hydrogens is 218 g/mol. The van der Waals surface area contributed by atoms with E-state index in [1.54, 1.807) is 4.90 Å². The molecule has 1 aliphatic heterocycles. The Labute approximate surface area is 102 Å². The van der Waals surface area contributed by atoms with E-state index in [1.807, 2.05) is 0 Å². The smallest absolute Gasteiger partial charge is 0.223 e. The summed E-state index contributed by atoms with van der Waals surface area (Å²) in [4.78, 5) is 24.9. The van der Waals surface area contributed by atoms with Crippen LogP contribution in [0.2, 0.25) is 0 Å². The molecule has 0 aromatic rings. The summed E-state index contributed by atoms with van der Waals surface area (Å²) in [5, 5.41) is 0. The maximum atomic E-state index is 12.1. The second-order valence-electron chi connectivity index (χ2n) is 5.46. The molecule has 0 aromatic carbocycles. The van der Waals surface area contributed by atoms with E-state index in [2.05, 4.69) is 0 Å². The number of primary amides is 1. The minimum atomic E-state index is -0.294. The Balaban J connectivity index is 1.87. The summed E-state index contributed by atoms with van der Waals surface area (Å²) in [6, 6.07) is 0. The zero-order chi connectivity index (χ0) is 12.5. The van der Waals surface area contributed by atoms with Crippen molar-refractivity contribution in [3.05, 3.63) is 0 Å². The Bertz CT molecular complexity index is 320. The van der Waals surface area contributed by atoms with Crippen LogP contribution in [0.4, 0.5) is 0 Å². The molecule has 0 bridgehead atoms. The van der Waals surface area contributed by atoms with E-state index in [0.29, 0.717) is 32.5 Å². The molecule has 4 N–H and O–H groups in total. The molecule has 1 heterocycles. The van der Waals surface area contributed by atoms with Gasteiger partial charge in [-0.15, -0.1) is 0 Å². The van der Waals surface area contributed by atoms with Gasteiger partial charge in [0.15, 0.2) is 0 Å². The SMILES string of the molecule is NCC1(CC(=O)N2CCC(C(N)=O)C2)CCC1. The van der Waals surface area contributed by atoms with E-state index in [9.17, 15) is 9.59 Å². The first kappa shape index (κ1) is 12.4. The molecule has 1 unspecified atom stereocenters. The molecule has 0 spiro atoms. The van der Waals surface area contributed by atoms with Gasteiger partial charge in [-0.25, -0.2) is 0 Å². The predicted molar refractivity (Wildman–Crippen MR) is 63.8 cm³/mol. The van der Waals surface area contributed by atoms with E-state index >= 15 is 0 Å². The van der Waals surface area contributed by atoms with Crippen molar-refractivity contribution in [1.82, 2.24) is 4.90 Å². The molecule has 17 heavy (non-hydrogen) atoms. The van der Waals surface area contributed by atoms with Gasteiger partial charge in [-0.1, -0.05) is 6.42 Å². The summed E-state index contributed by atoms with van der Waals surface area (Å²) in [5.74, 6) is -0.314. The number of rotatable bonds is 4. The van der Waals surface area contributed by atoms with Gasteiger partial charge in [-0.3, -0.25) is 9.59 Å². The van der Waals surface area contributed by atoms with Crippen LogP contribution in [0.1, 0.15) is 32.1 Å². The molecular formula is C12H21N3O2. The molecule has 2 rings (SSSR count). The third-order valence-electron chi connectivity index (χ3n) is 4.32. The standard InChI is InChI=1S/C12H21N3O2/c13-8-12(3-1-4-12)6-10(16)15-5-2-9(7-15)11(14)17/h9H,1-8,13H2,(H2,14,17). The molecule has 5 heteroatoms. The highest BCUT2D eigenvalue weighted by molar-refractivity contribution is 5.81. The third kappa shape index (κ3) is 2.44. The fourth-order valence-electron chi connectivity index (χ4n) is 2.78. The van der Waals surface area contributed by atoms with Crippen LogP contribution in [0, 0.1) is 11.3 Å². The van der Waals surface area contributed by atoms with Gasteiger partial charge in [0.2, 0.25) is 11.8 Å². The molecule has 2 fully saturated rings. The molecule has 96 valence electrons. The number of carbonyl (C=O) groups excluding carboxylic acids is 2. The molecule has 1 atom stereocenters. The fraction of sp³-hybridized carbons (Fsp3) is 0.833. The van der Waals surface area contributed by atoms with Gasteiger partial charge in [0.05, 0.1) is 5.92 Å². The van der Waals surface area contributed by atoms with Crippen LogP contribution in [-0.2, 0) is 9.59 Å². The second-order valence-corrected chi connectivity index (χ2v) is 5.46. The van der Waals surface area contributed by atoms with Gasteiger partial charge >= 0.3 is 0 Å². The number of nitrogens with zero attached hydrogens (tertiary/aromatic N) is 1. The fourth-order valence-corrected chi connectivity index (χ4v) is 2.78. The predicted octanol–water partition coefficient (Wildman–Crippen LogP) is -0.161. The minimum Gasteiger partial charge on any atom is -0.369 e. The summed E-state index contributed by atoms with van der Waals surface area (Å²) in [7, 11) is 0. The third-order valence-corrected chi connectivity index (χ3v) is 4.32. The zero-order valence-electron chi connectivity index (χ0n) is 10.2. The lowest BCUT2D eigenvalue weighted by Gasteiger charge is -2.41. The molecule has 1 aliphatic carbocycles. The zero-order valence-corrected chi connectivity index (χ0v) is 10.2. The molecule has 1 saturated heterocycles. The number of nitrogens with two attached hydrogens (primary N) is 2. The lowest BCUT2D eigenvalue weighted by atomic mass is 9.66. The van der Waals surface area contributed by atoms with E-state index in [4.69, 9.17) is 11.5 Å². The van der Waals surface area contributed by atoms with Crippen LogP contribution in [0.3, 0.4) is 0 Å². The Morgan fingerprint density at radius 3 is 2.47 bits per heavy atom. The maximum Gasteiger partial charge on any atom is 0.223 e. The summed E-state index contributed by atoms with van der Waals surface area (Å²) in [6.07, 6.45) is 4.53. The average molecular weight is 239 g/mol. The van der Waals surface area contributed by atoms with Gasteiger partial charge in [0.25, 0.3) is 0 Å². The maximum absolute atomic E-state index is 12.1. The largest absolute Gasteiger partial charge is 0.369 e. The number of carbonyl (C=O) groups is 2. The van der Waals surface area contributed by atoms with Crippen molar-refractivity contribution < 1.29 is 9.59 Å². The molecule has 0 aromatic heterocycles. The van der Waals surface area contributed by atoms with Gasteiger partial charge in [0.1, 0.15) is 0 Å². The summed E-state index contributed by atoms with van der Waals surface area (Å²) < 4.78 is 0. The lowest BCUT2D eigenvalue weighted by molar-refractivity contribution is -0.134. The first-order chi connectivity index (χ1) is 8.06. The Kier molecular flexibility index (Phi) is 3.38. The van der Waals surface area contributed by atoms with Crippen LogP contribution in [0.15, 0.2) is 0 Å². The molecule has 2 aliphatic rings. The Morgan fingerprint density at radius 1 is 1.35 bits per heavy atom. The quantitative estimate of drug-likeness (QED) is 0.714. The van der Waals surface area contributed by atoms with Crippen molar-refractivity contribution in [2.45, 2.75) is 32.1 Å². The van der Waals surface area contributed by atoms with Crippen LogP contribution in [0.25, 0.3) is 0 Å². The monoisotopic (exact) mass is 239 g/mol. The molecule has 2 amide bonds. The topological polar surface area (TPSA) is 89.4 Å². The first-order valence-corrected chi connectivity index (χ1v) is 6.33. The number of hydrogen-bond acceptors (Lipinski definition) is 3. The summed E-state index contributed by atoms with van der Waals surface area (Å²) in [5.41, 5.74) is 11.0. The van der Waals surface area contributed by atoms with Gasteiger partial charge in [0, 0.05) is 19.5 Å². The minimum absolute atomic E-state index is 0.0435. The highest BCUT2D eigenvalue weighted by Gasteiger charge is 2.40. The lowest BCUT2D eigenvalue weighted by Crippen LogP contribution is -2.43. The normalized spacial score (nSPS) is 26.6. The summed E-state index contributed by atoms with van der Waals surface area (Å²) in [6.45, 7) is 1.74. The van der Waals surface area contributed by atoms with E-state index in [-0.39, 0.29) is 23.1 Å².